The van der Waals surface area contributed by atoms with Gasteiger partial charge in [-0.15, -0.1) is 12.4 Å². The maximum atomic E-state index is 12.4. The van der Waals surface area contributed by atoms with Crippen LogP contribution in [0.3, 0.4) is 0 Å². The van der Waals surface area contributed by atoms with Crippen molar-refractivity contribution in [2.24, 2.45) is 11.7 Å². The molecular formula is C18H29ClN2O4. The third-order valence-corrected chi connectivity index (χ3v) is 4.65. The fourth-order valence-electron chi connectivity index (χ4n) is 3.36. The fraction of sp³-hybridized carbons (Fsp3) is 0.611. The van der Waals surface area contributed by atoms with Gasteiger partial charge < -0.3 is 25.3 Å². The highest BCUT2D eigenvalue weighted by atomic mass is 35.5. The maximum Gasteiger partial charge on any atom is 0.224 e. The van der Waals surface area contributed by atoms with Crippen molar-refractivity contribution in [2.75, 3.05) is 27.9 Å². The first-order valence-corrected chi connectivity index (χ1v) is 8.41. The molecule has 0 spiro atoms. The Bertz CT molecular complexity index is 543. The van der Waals surface area contributed by atoms with Gasteiger partial charge in [0.1, 0.15) is 0 Å². The van der Waals surface area contributed by atoms with Crippen LogP contribution >= 0.6 is 12.4 Å². The lowest BCUT2D eigenvalue weighted by molar-refractivity contribution is -0.121. The van der Waals surface area contributed by atoms with Gasteiger partial charge in [0.05, 0.1) is 27.8 Å². The van der Waals surface area contributed by atoms with Gasteiger partial charge in [0.15, 0.2) is 11.5 Å². The molecule has 2 rings (SSSR count). The molecule has 2 atom stereocenters. The number of amides is 1. The van der Waals surface area contributed by atoms with Crippen LogP contribution in [0.25, 0.3) is 0 Å². The molecule has 0 aliphatic heterocycles. The van der Waals surface area contributed by atoms with Crippen LogP contribution in [0.15, 0.2) is 12.1 Å². The Kier molecular flexibility index (Phi) is 8.86. The number of methoxy groups -OCH3 is 3. The van der Waals surface area contributed by atoms with Crippen molar-refractivity contribution in [3.8, 4) is 17.2 Å². The van der Waals surface area contributed by atoms with Crippen molar-refractivity contribution in [2.45, 2.75) is 38.1 Å². The van der Waals surface area contributed by atoms with Crippen LogP contribution in [-0.2, 0) is 11.2 Å². The summed E-state index contributed by atoms with van der Waals surface area (Å²) in [6.45, 7) is 0.620. The molecule has 142 valence electrons. The number of ether oxygens (including phenoxy) is 3. The molecule has 2 unspecified atom stereocenters. The van der Waals surface area contributed by atoms with Gasteiger partial charge in [0.25, 0.3) is 0 Å². The Hall–Kier alpha value is -1.66. The summed E-state index contributed by atoms with van der Waals surface area (Å²) >= 11 is 0. The van der Waals surface area contributed by atoms with Crippen molar-refractivity contribution in [3.63, 3.8) is 0 Å². The van der Waals surface area contributed by atoms with Gasteiger partial charge in [-0.2, -0.15) is 0 Å². The largest absolute Gasteiger partial charge is 0.493 e. The van der Waals surface area contributed by atoms with Gasteiger partial charge in [-0.3, -0.25) is 4.79 Å². The molecule has 1 aliphatic rings. The zero-order chi connectivity index (χ0) is 17.5. The van der Waals surface area contributed by atoms with Crippen LogP contribution in [0.2, 0.25) is 0 Å². The summed E-state index contributed by atoms with van der Waals surface area (Å²) < 4.78 is 16.0. The fourth-order valence-corrected chi connectivity index (χ4v) is 3.36. The molecule has 1 saturated carbocycles. The van der Waals surface area contributed by atoms with E-state index < -0.39 is 0 Å². The zero-order valence-electron chi connectivity index (χ0n) is 15.2. The summed E-state index contributed by atoms with van der Waals surface area (Å²) in [5, 5.41) is 3.14. The first-order chi connectivity index (χ1) is 11.6. The van der Waals surface area contributed by atoms with Gasteiger partial charge in [0, 0.05) is 6.04 Å². The van der Waals surface area contributed by atoms with E-state index in [2.05, 4.69) is 5.32 Å². The molecule has 0 radical (unpaired) electrons. The predicted octanol–water partition coefficient (Wildman–Crippen LogP) is 2.31. The molecule has 0 aromatic heterocycles. The maximum absolute atomic E-state index is 12.4. The molecule has 3 N–H and O–H groups in total. The van der Waals surface area contributed by atoms with E-state index in [0.29, 0.717) is 29.7 Å². The van der Waals surface area contributed by atoms with Gasteiger partial charge >= 0.3 is 0 Å². The number of carbonyl (C=O) groups is 1. The van der Waals surface area contributed by atoms with Crippen LogP contribution in [0.1, 0.15) is 31.2 Å². The summed E-state index contributed by atoms with van der Waals surface area (Å²) in [4.78, 5) is 12.4. The van der Waals surface area contributed by atoms with E-state index in [1.54, 1.807) is 21.3 Å². The average molecular weight is 373 g/mol. The lowest BCUT2D eigenvalue weighted by Crippen LogP contribution is -2.45. The van der Waals surface area contributed by atoms with E-state index in [4.69, 9.17) is 19.9 Å². The zero-order valence-corrected chi connectivity index (χ0v) is 16.0. The molecule has 0 heterocycles. The summed E-state index contributed by atoms with van der Waals surface area (Å²) in [7, 11) is 4.69. The summed E-state index contributed by atoms with van der Waals surface area (Å²) in [5.74, 6) is 2.01. The number of halogens is 1. The van der Waals surface area contributed by atoms with Crippen LogP contribution in [0.5, 0.6) is 17.2 Å². The van der Waals surface area contributed by atoms with Crippen LogP contribution in [0, 0.1) is 5.92 Å². The van der Waals surface area contributed by atoms with E-state index in [-0.39, 0.29) is 30.8 Å². The second-order valence-electron chi connectivity index (χ2n) is 6.16. The van der Waals surface area contributed by atoms with E-state index in [0.717, 1.165) is 24.8 Å². The number of nitrogens with two attached hydrogens (primary N) is 1. The number of hydrogen-bond acceptors (Lipinski definition) is 5. The Morgan fingerprint density at radius 2 is 1.72 bits per heavy atom. The minimum atomic E-state index is -0.00498. The molecule has 1 fully saturated rings. The molecule has 0 bridgehead atoms. The first-order valence-electron chi connectivity index (χ1n) is 8.41. The topological polar surface area (TPSA) is 82.8 Å². The minimum Gasteiger partial charge on any atom is -0.493 e. The number of hydrogen-bond donors (Lipinski definition) is 2. The smallest absolute Gasteiger partial charge is 0.224 e. The number of benzene rings is 1. The van der Waals surface area contributed by atoms with E-state index in [1.807, 2.05) is 12.1 Å². The van der Waals surface area contributed by atoms with Gasteiger partial charge in [0.2, 0.25) is 11.7 Å². The highest BCUT2D eigenvalue weighted by Crippen LogP contribution is 2.38. The van der Waals surface area contributed by atoms with Crippen molar-refractivity contribution < 1.29 is 19.0 Å². The highest BCUT2D eigenvalue weighted by Gasteiger charge is 2.25. The second kappa shape index (κ2) is 10.4. The monoisotopic (exact) mass is 372 g/mol. The van der Waals surface area contributed by atoms with Gasteiger partial charge in [-0.1, -0.05) is 12.8 Å². The normalized spacial score (nSPS) is 19.5. The van der Waals surface area contributed by atoms with Gasteiger partial charge in [-0.25, -0.2) is 0 Å². The van der Waals surface area contributed by atoms with Crippen LogP contribution in [0.4, 0.5) is 0 Å². The molecule has 7 heteroatoms. The van der Waals surface area contributed by atoms with Crippen molar-refractivity contribution >= 4 is 18.3 Å². The second-order valence-corrected chi connectivity index (χ2v) is 6.16. The number of nitrogens with one attached hydrogen (secondary N) is 1. The quantitative estimate of drug-likeness (QED) is 0.767. The van der Waals surface area contributed by atoms with Crippen molar-refractivity contribution in [1.29, 1.82) is 0 Å². The van der Waals surface area contributed by atoms with Crippen molar-refractivity contribution in [3.05, 3.63) is 17.7 Å². The molecule has 1 aromatic carbocycles. The molecule has 1 aliphatic carbocycles. The molecule has 6 nitrogen and oxygen atoms in total. The molecule has 1 aromatic rings. The molecule has 1 amide bonds. The molecule has 0 saturated heterocycles. The van der Waals surface area contributed by atoms with Crippen LogP contribution in [-0.4, -0.2) is 39.8 Å². The predicted molar refractivity (Wildman–Crippen MR) is 100.0 cm³/mol. The Morgan fingerprint density at radius 1 is 1.12 bits per heavy atom. The van der Waals surface area contributed by atoms with Gasteiger partial charge in [-0.05, 0) is 43.0 Å². The highest BCUT2D eigenvalue weighted by molar-refractivity contribution is 5.85. The summed E-state index contributed by atoms with van der Waals surface area (Å²) in [6.07, 6.45) is 4.70. The lowest BCUT2D eigenvalue weighted by atomic mass is 9.84. The Balaban J connectivity index is 0.00000312. The standard InChI is InChI=1S/C18H28N2O4.ClH/c1-22-15-8-12(9-16(23-2)18(15)24-3)10-17(21)20-14-7-5-4-6-13(14)11-19;/h8-9,13-14H,4-7,10-11,19H2,1-3H3,(H,20,21);1H. The molecular weight excluding hydrogens is 344 g/mol. The SMILES string of the molecule is COc1cc(CC(=O)NC2CCCCC2CN)cc(OC)c1OC.Cl. The summed E-state index contributed by atoms with van der Waals surface area (Å²) in [6, 6.07) is 3.79. The van der Waals surface area contributed by atoms with Crippen LogP contribution < -0.4 is 25.3 Å². The summed E-state index contributed by atoms with van der Waals surface area (Å²) in [5.41, 5.74) is 6.65. The third-order valence-electron chi connectivity index (χ3n) is 4.65. The van der Waals surface area contributed by atoms with Crippen molar-refractivity contribution in [1.82, 2.24) is 5.32 Å². The Labute approximate surface area is 155 Å². The minimum absolute atomic E-state index is 0. The van der Waals surface area contributed by atoms with E-state index in [9.17, 15) is 4.79 Å². The Morgan fingerprint density at radius 3 is 2.24 bits per heavy atom. The van der Waals surface area contributed by atoms with E-state index >= 15 is 0 Å². The molecule has 25 heavy (non-hydrogen) atoms. The number of carbonyl (C=O) groups excluding carboxylic acids is 1. The number of rotatable bonds is 7. The third kappa shape index (κ3) is 5.41. The lowest BCUT2D eigenvalue weighted by Gasteiger charge is -2.31. The first kappa shape index (κ1) is 21.4. The van der Waals surface area contributed by atoms with E-state index in [1.165, 1.54) is 6.42 Å². The average Bonchev–Trinajstić information content (AvgIpc) is 2.61.